The van der Waals surface area contributed by atoms with Crippen LogP contribution in [-0.4, -0.2) is 24.0 Å². The average Bonchev–Trinajstić information content (AvgIpc) is 2.43. The van der Waals surface area contributed by atoms with Gasteiger partial charge in [-0.05, 0) is 36.3 Å². The van der Waals surface area contributed by atoms with Crippen molar-refractivity contribution >= 4 is 33.6 Å². The Balaban J connectivity index is 2.45. The first kappa shape index (κ1) is 19.2. The van der Waals surface area contributed by atoms with Crippen molar-refractivity contribution in [1.29, 1.82) is 0 Å². The Labute approximate surface area is 142 Å². The minimum absolute atomic E-state index is 0.0750. The maximum Gasteiger partial charge on any atom is 0.387 e. The first-order valence-electron chi connectivity index (χ1n) is 6.96. The zero-order valence-electron chi connectivity index (χ0n) is 12.6. The third kappa shape index (κ3) is 7.98. The van der Waals surface area contributed by atoms with Crippen molar-refractivity contribution < 1.29 is 18.3 Å². The molecule has 0 saturated carbocycles. The molecule has 0 aliphatic rings. The SMILES string of the molecule is CC(C)CCSCC(=O)NCc1cc(Br)ccc1OC(F)F. The molecule has 1 N–H and O–H groups in total. The summed E-state index contributed by atoms with van der Waals surface area (Å²) in [6, 6.07) is 4.73. The summed E-state index contributed by atoms with van der Waals surface area (Å²) in [5.74, 6) is 1.88. The molecule has 0 aliphatic carbocycles. The van der Waals surface area contributed by atoms with Gasteiger partial charge >= 0.3 is 6.61 Å². The zero-order chi connectivity index (χ0) is 16.5. The number of halogens is 3. The van der Waals surface area contributed by atoms with E-state index in [4.69, 9.17) is 0 Å². The molecule has 1 aromatic rings. The van der Waals surface area contributed by atoms with E-state index < -0.39 is 6.61 Å². The molecule has 0 aliphatic heterocycles. The summed E-state index contributed by atoms with van der Waals surface area (Å²) in [4.78, 5) is 11.7. The van der Waals surface area contributed by atoms with Crippen LogP contribution in [0.1, 0.15) is 25.8 Å². The number of ether oxygens (including phenoxy) is 1. The van der Waals surface area contributed by atoms with Gasteiger partial charge in [0.25, 0.3) is 0 Å². The molecule has 0 fully saturated rings. The standard InChI is InChI=1S/C15H20BrF2NO2S/c1-10(2)5-6-22-9-14(20)19-8-11-7-12(16)3-4-13(11)21-15(17)18/h3-4,7,10,15H,5-6,8-9H2,1-2H3,(H,19,20). The van der Waals surface area contributed by atoms with Gasteiger partial charge in [-0.15, -0.1) is 0 Å². The molecule has 0 saturated heterocycles. The number of carbonyl (C=O) groups is 1. The van der Waals surface area contributed by atoms with Crippen LogP contribution in [0.25, 0.3) is 0 Å². The Morgan fingerprint density at radius 3 is 2.77 bits per heavy atom. The number of alkyl halides is 2. The quantitative estimate of drug-likeness (QED) is 0.627. The molecule has 0 spiro atoms. The molecule has 0 aromatic heterocycles. The molecule has 0 radical (unpaired) electrons. The summed E-state index contributed by atoms with van der Waals surface area (Å²) in [6.07, 6.45) is 1.07. The van der Waals surface area contributed by atoms with E-state index in [2.05, 4.69) is 39.8 Å². The predicted molar refractivity (Wildman–Crippen MR) is 89.4 cm³/mol. The summed E-state index contributed by atoms with van der Waals surface area (Å²) in [6.45, 7) is 1.55. The van der Waals surface area contributed by atoms with E-state index in [9.17, 15) is 13.6 Å². The topological polar surface area (TPSA) is 38.3 Å². The van der Waals surface area contributed by atoms with Gasteiger partial charge in [0.1, 0.15) is 5.75 Å². The van der Waals surface area contributed by atoms with Crippen molar-refractivity contribution in [2.24, 2.45) is 5.92 Å². The number of rotatable bonds is 9. The molecule has 1 aromatic carbocycles. The van der Waals surface area contributed by atoms with Gasteiger partial charge in [-0.1, -0.05) is 29.8 Å². The normalized spacial score (nSPS) is 11.0. The highest BCUT2D eigenvalue weighted by atomic mass is 79.9. The summed E-state index contributed by atoms with van der Waals surface area (Å²) in [5, 5.41) is 2.72. The molecule has 124 valence electrons. The van der Waals surface area contributed by atoms with Crippen LogP contribution in [0.5, 0.6) is 5.75 Å². The van der Waals surface area contributed by atoms with Gasteiger partial charge in [0, 0.05) is 16.6 Å². The van der Waals surface area contributed by atoms with Crippen LogP contribution in [-0.2, 0) is 11.3 Å². The van der Waals surface area contributed by atoms with Crippen molar-refractivity contribution in [2.45, 2.75) is 33.4 Å². The van der Waals surface area contributed by atoms with Gasteiger partial charge in [-0.25, -0.2) is 0 Å². The van der Waals surface area contributed by atoms with Crippen molar-refractivity contribution in [3.8, 4) is 5.75 Å². The summed E-state index contributed by atoms with van der Waals surface area (Å²) >= 11 is 4.84. The average molecular weight is 396 g/mol. The third-order valence-electron chi connectivity index (χ3n) is 2.79. The van der Waals surface area contributed by atoms with E-state index in [0.29, 0.717) is 17.2 Å². The highest BCUT2D eigenvalue weighted by Crippen LogP contribution is 2.24. The number of nitrogens with one attached hydrogen (secondary N) is 1. The van der Waals surface area contributed by atoms with Gasteiger partial charge < -0.3 is 10.1 Å². The lowest BCUT2D eigenvalue weighted by Crippen LogP contribution is -2.25. The van der Waals surface area contributed by atoms with Crippen molar-refractivity contribution in [1.82, 2.24) is 5.32 Å². The molecule has 7 heteroatoms. The van der Waals surface area contributed by atoms with Gasteiger partial charge in [-0.2, -0.15) is 20.5 Å². The molecule has 0 atom stereocenters. The number of thioether (sulfide) groups is 1. The second-order valence-corrected chi connectivity index (χ2v) is 7.16. The van der Waals surface area contributed by atoms with Crippen LogP contribution < -0.4 is 10.1 Å². The second kappa shape index (κ2) is 10.0. The Kier molecular flexibility index (Phi) is 8.78. The van der Waals surface area contributed by atoms with E-state index in [1.807, 2.05) is 0 Å². The minimum Gasteiger partial charge on any atom is -0.434 e. The predicted octanol–water partition coefficient (Wildman–Crippen LogP) is 4.45. The number of carbonyl (C=O) groups excluding carboxylic acids is 1. The fourth-order valence-corrected chi connectivity index (χ4v) is 3.10. The molecule has 1 rings (SSSR count). The van der Waals surface area contributed by atoms with E-state index >= 15 is 0 Å². The van der Waals surface area contributed by atoms with Crippen LogP contribution in [0, 0.1) is 5.92 Å². The van der Waals surface area contributed by atoms with E-state index in [0.717, 1.165) is 16.6 Å². The number of hydrogen-bond donors (Lipinski definition) is 1. The number of amides is 1. The van der Waals surface area contributed by atoms with E-state index in [1.165, 1.54) is 6.07 Å². The molecular weight excluding hydrogens is 376 g/mol. The lowest BCUT2D eigenvalue weighted by molar-refractivity contribution is -0.118. The largest absolute Gasteiger partial charge is 0.434 e. The summed E-state index contributed by atoms with van der Waals surface area (Å²) in [7, 11) is 0. The Morgan fingerprint density at radius 1 is 1.41 bits per heavy atom. The first-order chi connectivity index (χ1) is 10.4. The lowest BCUT2D eigenvalue weighted by atomic mass is 10.2. The maximum atomic E-state index is 12.3. The first-order valence-corrected chi connectivity index (χ1v) is 8.91. The van der Waals surface area contributed by atoms with Crippen LogP contribution in [0.4, 0.5) is 8.78 Å². The number of hydrogen-bond acceptors (Lipinski definition) is 3. The zero-order valence-corrected chi connectivity index (χ0v) is 15.0. The van der Waals surface area contributed by atoms with Gasteiger partial charge in [0.05, 0.1) is 5.75 Å². The minimum atomic E-state index is -2.89. The van der Waals surface area contributed by atoms with Crippen molar-refractivity contribution in [3.05, 3.63) is 28.2 Å². The summed E-state index contributed by atoms with van der Waals surface area (Å²) < 4.78 is 29.9. The Hall–Kier alpha value is -0.820. The smallest absolute Gasteiger partial charge is 0.387 e. The van der Waals surface area contributed by atoms with Crippen molar-refractivity contribution in [2.75, 3.05) is 11.5 Å². The van der Waals surface area contributed by atoms with Crippen LogP contribution in [0.3, 0.4) is 0 Å². The fourth-order valence-electron chi connectivity index (χ4n) is 1.63. The van der Waals surface area contributed by atoms with Crippen molar-refractivity contribution in [3.63, 3.8) is 0 Å². The molecule has 1 amide bonds. The molecule has 0 bridgehead atoms. The van der Waals surface area contributed by atoms with Gasteiger partial charge in [0.15, 0.2) is 0 Å². The third-order valence-corrected chi connectivity index (χ3v) is 4.27. The van der Waals surface area contributed by atoms with E-state index in [1.54, 1.807) is 23.9 Å². The fraction of sp³-hybridized carbons (Fsp3) is 0.533. The second-order valence-electron chi connectivity index (χ2n) is 5.14. The van der Waals surface area contributed by atoms with Gasteiger partial charge in [-0.3, -0.25) is 4.79 Å². The monoisotopic (exact) mass is 395 g/mol. The van der Waals surface area contributed by atoms with Gasteiger partial charge in [0.2, 0.25) is 5.91 Å². The Bertz CT molecular complexity index is 487. The maximum absolute atomic E-state index is 12.3. The van der Waals surface area contributed by atoms with E-state index in [-0.39, 0.29) is 18.2 Å². The highest BCUT2D eigenvalue weighted by molar-refractivity contribution is 9.10. The lowest BCUT2D eigenvalue weighted by Gasteiger charge is -2.12. The van der Waals surface area contributed by atoms with Crippen LogP contribution >= 0.6 is 27.7 Å². The van der Waals surface area contributed by atoms with Crippen LogP contribution in [0.2, 0.25) is 0 Å². The molecule has 0 heterocycles. The molecule has 0 unspecified atom stereocenters. The molecule has 3 nitrogen and oxygen atoms in total. The molecule has 22 heavy (non-hydrogen) atoms. The highest BCUT2D eigenvalue weighted by Gasteiger charge is 2.11. The number of benzene rings is 1. The summed E-state index contributed by atoms with van der Waals surface area (Å²) in [5.41, 5.74) is 0.509. The molecular formula is C15H20BrF2NO2S. The van der Waals surface area contributed by atoms with Crippen LogP contribution in [0.15, 0.2) is 22.7 Å². The Morgan fingerprint density at radius 2 is 2.14 bits per heavy atom.